The lowest BCUT2D eigenvalue weighted by Crippen LogP contribution is -2.61. The smallest absolute Gasteiger partial charge is 0.338 e. The van der Waals surface area contributed by atoms with Crippen molar-refractivity contribution in [1.29, 1.82) is 0 Å². The molecule has 2 aromatic carbocycles. The molecule has 0 saturated carbocycles. The van der Waals surface area contributed by atoms with Crippen LogP contribution in [-0.4, -0.2) is 67.4 Å². The molecule has 1 N–H and O–H groups in total. The Bertz CT molecular complexity index is 1140. The predicted molar refractivity (Wildman–Crippen MR) is 130 cm³/mol. The third-order valence-corrected chi connectivity index (χ3v) is 6.01. The SMILES string of the molecule is COC1OC(COC(=O)c2ccccc2)C(O)C(OC(=O)C2=CC=CCC2)C1OC(=O)c1ccccc1. The lowest BCUT2D eigenvalue weighted by molar-refractivity contribution is -0.295. The van der Waals surface area contributed by atoms with Gasteiger partial charge in [0.05, 0.1) is 11.1 Å². The van der Waals surface area contributed by atoms with Crippen molar-refractivity contribution in [2.24, 2.45) is 0 Å². The summed E-state index contributed by atoms with van der Waals surface area (Å²) in [6.07, 6.45) is -0.0419. The van der Waals surface area contributed by atoms with Crippen LogP contribution in [0.3, 0.4) is 0 Å². The number of hydrogen-bond acceptors (Lipinski definition) is 9. The predicted octanol–water partition coefficient (Wildman–Crippen LogP) is 2.99. The molecule has 0 bridgehead atoms. The summed E-state index contributed by atoms with van der Waals surface area (Å²) in [6, 6.07) is 16.6. The van der Waals surface area contributed by atoms with E-state index in [1.165, 1.54) is 7.11 Å². The summed E-state index contributed by atoms with van der Waals surface area (Å²) in [5, 5.41) is 11.2. The van der Waals surface area contributed by atoms with Crippen LogP contribution in [0.4, 0.5) is 0 Å². The average molecular weight is 509 g/mol. The number of aliphatic hydroxyl groups is 1. The molecule has 0 spiro atoms. The van der Waals surface area contributed by atoms with Gasteiger partial charge in [-0.2, -0.15) is 0 Å². The van der Waals surface area contributed by atoms with Crippen molar-refractivity contribution in [3.8, 4) is 0 Å². The van der Waals surface area contributed by atoms with Gasteiger partial charge in [-0.1, -0.05) is 54.6 Å². The second kappa shape index (κ2) is 12.4. The summed E-state index contributed by atoms with van der Waals surface area (Å²) < 4.78 is 27.8. The minimum Gasteiger partial charge on any atom is -0.459 e. The van der Waals surface area contributed by atoms with E-state index in [9.17, 15) is 19.5 Å². The highest BCUT2D eigenvalue weighted by Gasteiger charge is 2.50. The summed E-state index contributed by atoms with van der Waals surface area (Å²) in [7, 11) is 1.33. The first-order chi connectivity index (χ1) is 18.0. The van der Waals surface area contributed by atoms with Gasteiger partial charge in [0.25, 0.3) is 0 Å². The number of hydrogen-bond donors (Lipinski definition) is 1. The summed E-state index contributed by atoms with van der Waals surface area (Å²) in [5.74, 6) is -1.99. The van der Waals surface area contributed by atoms with Crippen molar-refractivity contribution in [3.05, 3.63) is 95.6 Å². The molecule has 0 aromatic heterocycles. The van der Waals surface area contributed by atoms with Crippen LogP contribution in [0, 0.1) is 0 Å². The van der Waals surface area contributed by atoms with Gasteiger partial charge in [0, 0.05) is 12.7 Å². The van der Waals surface area contributed by atoms with E-state index in [1.54, 1.807) is 72.8 Å². The van der Waals surface area contributed by atoms with Crippen molar-refractivity contribution in [1.82, 2.24) is 0 Å². The molecule has 5 unspecified atom stereocenters. The van der Waals surface area contributed by atoms with E-state index in [2.05, 4.69) is 0 Å². The highest BCUT2D eigenvalue weighted by Crippen LogP contribution is 2.29. The number of ether oxygens (including phenoxy) is 5. The largest absolute Gasteiger partial charge is 0.459 e. The minimum atomic E-state index is -1.49. The molecule has 2 aromatic rings. The molecule has 9 nitrogen and oxygen atoms in total. The van der Waals surface area contributed by atoms with Crippen LogP contribution < -0.4 is 0 Å². The van der Waals surface area contributed by atoms with Crippen LogP contribution >= 0.6 is 0 Å². The Morgan fingerprint density at radius 2 is 1.51 bits per heavy atom. The van der Waals surface area contributed by atoms with Gasteiger partial charge >= 0.3 is 17.9 Å². The third-order valence-electron chi connectivity index (χ3n) is 6.01. The first-order valence-electron chi connectivity index (χ1n) is 11.9. The minimum absolute atomic E-state index is 0.260. The van der Waals surface area contributed by atoms with E-state index in [0.29, 0.717) is 24.0 Å². The van der Waals surface area contributed by atoms with E-state index in [1.807, 2.05) is 6.08 Å². The molecule has 9 heteroatoms. The van der Waals surface area contributed by atoms with Crippen molar-refractivity contribution < 1.29 is 43.2 Å². The monoisotopic (exact) mass is 508 g/mol. The number of esters is 3. The quantitative estimate of drug-likeness (QED) is 0.424. The average Bonchev–Trinajstić information content (AvgIpc) is 2.95. The molecule has 2 aliphatic rings. The van der Waals surface area contributed by atoms with Gasteiger partial charge in [0.2, 0.25) is 0 Å². The molecule has 1 saturated heterocycles. The van der Waals surface area contributed by atoms with Gasteiger partial charge in [0.1, 0.15) is 18.8 Å². The van der Waals surface area contributed by atoms with E-state index >= 15 is 0 Å². The van der Waals surface area contributed by atoms with Crippen LogP contribution in [0.1, 0.15) is 33.6 Å². The van der Waals surface area contributed by atoms with E-state index < -0.39 is 48.6 Å². The molecular formula is C28H28O9. The molecule has 0 radical (unpaired) electrons. The molecule has 1 aliphatic heterocycles. The van der Waals surface area contributed by atoms with E-state index in [0.717, 1.165) is 0 Å². The third kappa shape index (κ3) is 6.51. The molecule has 1 fully saturated rings. The van der Waals surface area contributed by atoms with E-state index in [-0.39, 0.29) is 12.2 Å². The lowest BCUT2D eigenvalue weighted by atomic mass is 9.98. The molecule has 1 aliphatic carbocycles. The van der Waals surface area contributed by atoms with Gasteiger partial charge < -0.3 is 28.8 Å². The van der Waals surface area contributed by atoms with Crippen LogP contribution in [0.2, 0.25) is 0 Å². The Hall–Kier alpha value is -3.79. The molecular weight excluding hydrogens is 480 g/mol. The zero-order chi connectivity index (χ0) is 26.2. The molecule has 5 atom stereocenters. The zero-order valence-corrected chi connectivity index (χ0v) is 20.2. The van der Waals surface area contributed by atoms with Crippen molar-refractivity contribution in [3.63, 3.8) is 0 Å². The standard InChI is InChI=1S/C28H28O9/c1-33-28-24(37-27(32)20-15-9-4-10-16-20)23(36-26(31)19-13-7-3-8-14-19)22(29)21(35-28)17-34-25(30)18-11-5-2-6-12-18/h2-7,9-13,15-16,21-24,28-29H,8,14,17H2,1H3. The van der Waals surface area contributed by atoms with Crippen LogP contribution in [-0.2, 0) is 28.5 Å². The number of carbonyl (C=O) groups excluding carboxylic acids is 3. The first-order valence-corrected chi connectivity index (χ1v) is 11.9. The second-order valence-corrected chi connectivity index (χ2v) is 8.50. The lowest BCUT2D eigenvalue weighted by Gasteiger charge is -2.42. The Balaban J connectivity index is 1.54. The van der Waals surface area contributed by atoms with Crippen LogP contribution in [0.15, 0.2) is 84.5 Å². The van der Waals surface area contributed by atoms with Crippen molar-refractivity contribution in [2.45, 2.75) is 43.5 Å². The van der Waals surface area contributed by atoms with Gasteiger partial charge in [-0.05, 0) is 37.1 Å². The number of benzene rings is 2. The summed E-state index contributed by atoms with van der Waals surface area (Å²) in [6.45, 7) is -0.354. The summed E-state index contributed by atoms with van der Waals surface area (Å²) in [5.41, 5.74) is 0.998. The first kappa shape index (κ1) is 26.3. The Morgan fingerprint density at radius 3 is 2.11 bits per heavy atom. The molecule has 4 rings (SSSR count). The maximum atomic E-state index is 12.9. The maximum absolute atomic E-state index is 12.9. The highest BCUT2D eigenvalue weighted by molar-refractivity contribution is 5.90. The topological polar surface area (TPSA) is 118 Å². The molecule has 194 valence electrons. The number of allylic oxidation sites excluding steroid dienone is 3. The fourth-order valence-corrected chi connectivity index (χ4v) is 4.03. The van der Waals surface area contributed by atoms with Crippen molar-refractivity contribution >= 4 is 17.9 Å². The fraction of sp³-hybridized carbons (Fsp3) is 0.321. The number of methoxy groups -OCH3 is 1. The maximum Gasteiger partial charge on any atom is 0.338 e. The van der Waals surface area contributed by atoms with Gasteiger partial charge in [-0.3, -0.25) is 0 Å². The number of rotatable bonds is 8. The van der Waals surface area contributed by atoms with E-state index in [4.69, 9.17) is 23.7 Å². The van der Waals surface area contributed by atoms with Gasteiger partial charge in [0.15, 0.2) is 18.5 Å². The normalized spacial score (nSPS) is 25.0. The highest BCUT2D eigenvalue weighted by atomic mass is 16.7. The molecule has 37 heavy (non-hydrogen) atoms. The summed E-state index contributed by atoms with van der Waals surface area (Å²) >= 11 is 0. The molecule has 0 amide bonds. The van der Waals surface area contributed by atoms with Gasteiger partial charge in [-0.25, -0.2) is 14.4 Å². The van der Waals surface area contributed by atoms with Gasteiger partial charge in [-0.15, -0.1) is 0 Å². The summed E-state index contributed by atoms with van der Waals surface area (Å²) in [4.78, 5) is 38.2. The van der Waals surface area contributed by atoms with Crippen LogP contribution in [0.5, 0.6) is 0 Å². The number of aliphatic hydroxyl groups excluding tert-OH is 1. The van der Waals surface area contributed by atoms with Crippen molar-refractivity contribution in [2.75, 3.05) is 13.7 Å². The number of carbonyl (C=O) groups is 3. The Labute approximate surface area is 214 Å². The Morgan fingerprint density at radius 1 is 0.892 bits per heavy atom. The zero-order valence-electron chi connectivity index (χ0n) is 20.2. The Kier molecular flexibility index (Phi) is 8.84. The van der Waals surface area contributed by atoms with Crippen LogP contribution in [0.25, 0.3) is 0 Å². The second-order valence-electron chi connectivity index (χ2n) is 8.50. The fourth-order valence-electron chi connectivity index (χ4n) is 4.03. The molecule has 1 heterocycles.